The molecule has 2 aromatic carbocycles. The smallest absolute Gasteiger partial charge is 0.202 e. The lowest BCUT2D eigenvalue weighted by atomic mass is 10.0. The van der Waals surface area contributed by atoms with Crippen LogP contribution in [0, 0.1) is 13.8 Å². The average molecular weight is 391 g/mol. The lowest BCUT2D eigenvalue weighted by Gasteiger charge is -2.13. The predicted octanol–water partition coefficient (Wildman–Crippen LogP) is 5.67. The van der Waals surface area contributed by atoms with Crippen molar-refractivity contribution in [3.63, 3.8) is 0 Å². The normalized spacial score (nSPS) is 11.1. The molecule has 0 fully saturated rings. The molecule has 2 aromatic heterocycles. The quantitative estimate of drug-likeness (QED) is 0.439. The first-order valence-corrected chi connectivity index (χ1v) is 10.1. The van der Waals surface area contributed by atoms with Crippen molar-refractivity contribution >= 4 is 22.3 Å². The van der Waals surface area contributed by atoms with Crippen LogP contribution in [0.25, 0.3) is 22.2 Å². The highest BCUT2D eigenvalue weighted by molar-refractivity contribution is 7.09. The third kappa shape index (κ3) is 3.45. The molecule has 0 spiro atoms. The summed E-state index contributed by atoms with van der Waals surface area (Å²) in [6.45, 7) is 6.26. The second-order valence-corrected chi connectivity index (χ2v) is 7.76. The maximum absolute atomic E-state index is 13.2. The molecule has 0 saturated carbocycles. The highest BCUT2D eigenvalue weighted by Crippen LogP contribution is 2.30. The van der Waals surface area contributed by atoms with E-state index in [1.54, 1.807) is 0 Å². The van der Waals surface area contributed by atoms with E-state index in [0.29, 0.717) is 34.6 Å². The zero-order valence-corrected chi connectivity index (χ0v) is 16.9. The number of thiazole rings is 1. The van der Waals surface area contributed by atoms with Crippen molar-refractivity contribution in [2.75, 3.05) is 0 Å². The third-order valence-electron chi connectivity index (χ3n) is 4.74. The van der Waals surface area contributed by atoms with Crippen LogP contribution in [0.15, 0.2) is 57.1 Å². The molecule has 0 aliphatic rings. The Labute approximate surface area is 167 Å². The fourth-order valence-corrected chi connectivity index (χ4v) is 3.90. The maximum Gasteiger partial charge on any atom is 0.202 e. The van der Waals surface area contributed by atoms with Gasteiger partial charge in [-0.3, -0.25) is 4.79 Å². The van der Waals surface area contributed by atoms with Gasteiger partial charge in [-0.1, -0.05) is 37.3 Å². The van der Waals surface area contributed by atoms with E-state index in [9.17, 15) is 4.79 Å². The molecular weight excluding hydrogens is 370 g/mol. The number of fused-ring (bicyclic) bond motifs is 1. The van der Waals surface area contributed by atoms with E-state index in [1.165, 1.54) is 11.3 Å². The van der Waals surface area contributed by atoms with Crippen molar-refractivity contribution in [3.8, 4) is 17.0 Å². The highest BCUT2D eigenvalue weighted by Gasteiger charge is 2.18. The second kappa shape index (κ2) is 7.60. The van der Waals surface area contributed by atoms with Crippen molar-refractivity contribution in [1.29, 1.82) is 0 Å². The Morgan fingerprint density at radius 3 is 2.61 bits per heavy atom. The molecule has 0 bridgehead atoms. The maximum atomic E-state index is 13.2. The summed E-state index contributed by atoms with van der Waals surface area (Å²) in [6, 6.07) is 13.7. The molecule has 0 aliphatic carbocycles. The molecule has 0 aliphatic heterocycles. The minimum absolute atomic E-state index is 0.0478. The Balaban J connectivity index is 1.79. The molecule has 0 unspecified atom stereocenters. The molecular formula is C23H21NO3S. The van der Waals surface area contributed by atoms with E-state index in [-0.39, 0.29) is 5.43 Å². The number of ether oxygens (including phenoxy) is 1. The van der Waals surface area contributed by atoms with E-state index in [2.05, 4.69) is 11.9 Å². The van der Waals surface area contributed by atoms with E-state index in [0.717, 1.165) is 28.3 Å². The van der Waals surface area contributed by atoms with Gasteiger partial charge in [0.1, 0.15) is 23.7 Å². The van der Waals surface area contributed by atoms with Crippen LogP contribution in [0.2, 0.25) is 0 Å². The van der Waals surface area contributed by atoms with E-state index in [4.69, 9.17) is 9.15 Å². The van der Waals surface area contributed by atoms with Gasteiger partial charge in [0.15, 0.2) is 0 Å². The van der Waals surface area contributed by atoms with Crippen molar-refractivity contribution < 1.29 is 9.15 Å². The van der Waals surface area contributed by atoms with Crippen LogP contribution < -0.4 is 10.2 Å². The first-order valence-electron chi connectivity index (χ1n) is 9.26. The lowest BCUT2D eigenvalue weighted by Crippen LogP contribution is -2.09. The molecule has 2 heterocycles. The first-order chi connectivity index (χ1) is 13.6. The Morgan fingerprint density at radius 2 is 1.93 bits per heavy atom. The van der Waals surface area contributed by atoms with Gasteiger partial charge in [0.05, 0.1) is 21.7 Å². The molecule has 0 saturated heterocycles. The van der Waals surface area contributed by atoms with Crippen molar-refractivity contribution in [3.05, 3.63) is 80.0 Å². The Morgan fingerprint density at radius 1 is 1.14 bits per heavy atom. The van der Waals surface area contributed by atoms with E-state index < -0.39 is 0 Å². The van der Waals surface area contributed by atoms with Crippen LogP contribution in [0.4, 0.5) is 0 Å². The Kier molecular flexibility index (Phi) is 5.01. The summed E-state index contributed by atoms with van der Waals surface area (Å²) < 4.78 is 12.1. The van der Waals surface area contributed by atoms with Gasteiger partial charge in [0.2, 0.25) is 5.43 Å². The molecule has 0 atom stereocenters. The number of aryl methyl sites for hydroxylation is 3. The van der Waals surface area contributed by atoms with Gasteiger partial charge in [0, 0.05) is 11.4 Å². The van der Waals surface area contributed by atoms with Crippen molar-refractivity contribution in [1.82, 2.24) is 4.98 Å². The Bertz CT molecular complexity index is 1190. The summed E-state index contributed by atoms with van der Waals surface area (Å²) in [5, 5.41) is 3.39. The van der Waals surface area contributed by atoms with Crippen LogP contribution in [-0.4, -0.2) is 4.98 Å². The molecule has 0 N–H and O–H groups in total. The summed E-state index contributed by atoms with van der Waals surface area (Å²) >= 11 is 1.52. The number of hydrogen-bond acceptors (Lipinski definition) is 5. The second-order valence-electron chi connectivity index (χ2n) is 6.70. The molecule has 4 rings (SSSR count). The summed E-state index contributed by atoms with van der Waals surface area (Å²) in [5.41, 5.74) is 3.79. The van der Waals surface area contributed by atoms with Crippen molar-refractivity contribution in [2.45, 2.75) is 33.8 Å². The van der Waals surface area contributed by atoms with Gasteiger partial charge in [-0.05, 0) is 37.5 Å². The summed E-state index contributed by atoms with van der Waals surface area (Å²) in [7, 11) is 0. The molecule has 0 radical (unpaired) electrons. The minimum Gasteiger partial charge on any atom is -0.488 e. The third-order valence-corrected chi connectivity index (χ3v) is 5.52. The van der Waals surface area contributed by atoms with E-state index >= 15 is 0 Å². The fourth-order valence-electron chi connectivity index (χ4n) is 3.30. The number of benzene rings is 2. The molecule has 0 amide bonds. The number of hydrogen-bond donors (Lipinski definition) is 0. The molecule has 142 valence electrons. The van der Waals surface area contributed by atoms with Gasteiger partial charge in [0.25, 0.3) is 0 Å². The molecule has 4 aromatic rings. The minimum atomic E-state index is -0.0478. The summed E-state index contributed by atoms with van der Waals surface area (Å²) in [6.07, 6.45) is 0.762. The Hall–Kier alpha value is -2.92. The van der Waals surface area contributed by atoms with Crippen LogP contribution in [0.5, 0.6) is 5.75 Å². The van der Waals surface area contributed by atoms with Crippen molar-refractivity contribution in [2.24, 2.45) is 0 Å². The van der Waals surface area contributed by atoms with Gasteiger partial charge >= 0.3 is 0 Å². The SMILES string of the molecule is CCc1cc2c(=O)c(-c3csc(C)n3)c(C)oc2cc1OCc1ccccc1. The highest BCUT2D eigenvalue weighted by atomic mass is 32.1. The van der Waals surface area contributed by atoms with Crippen LogP contribution >= 0.6 is 11.3 Å². The van der Waals surface area contributed by atoms with Crippen LogP contribution in [0.1, 0.15) is 28.8 Å². The van der Waals surface area contributed by atoms with Crippen LogP contribution in [-0.2, 0) is 13.0 Å². The van der Waals surface area contributed by atoms with Gasteiger partial charge in [-0.15, -0.1) is 11.3 Å². The predicted molar refractivity (Wildman–Crippen MR) is 113 cm³/mol. The van der Waals surface area contributed by atoms with Crippen LogP contribution in [0.3, 0.4) is 0 Å². The molecule has 5 heteroatoms. The molecule has 28 heavy (non-hydrogen) atoms. The number of nitrogens with zero attached hydrogens (tertiary/aromatic N) is 1. The van der Waals surface area contributed by atoms with Gasteiger partial charge < -0.3 is 9.15 Å². The lowest BCUT2D eigenvalue weighted by molar-refractivity contribution is 0.303. The largest absolute Gasteiger partial charge is 0.488 e. The summed E-state index contributed by atoms with van der Waals surface area (Å²) in [4.78, 5) is 17.6. The molecule has 4 nitrogen and oxygen atoms in total. The van der Waals surface area contributed by atoms with Gasteiger partial charge in [-0.2, -0.15) is 0 Å². The zero-order valence-electron chi connectivity index (χ0n) is 16.1. The number of aromatic nitrogens is 1. The number of rotatable bonds is 5. The summed E-state index contributed by atoms with van der Waals surface area (Å²) in [5.74, 6) is 1.32. The fraction of sp³-hybridized carbons (Fsp3) is 0.217. The van der Waals surface area contributed by atoms with Gasteiger partial charge in [-0.25, -0.2) is 4.98 Å². The van der Waals surface area contributed by atoms with E-state index in [1.807, 2.05) is 61.7 Å². The topological polar surface area (TPSA) is 52.3 Å². The first kappa shape index (κ1) is 18.4. The monoisotopic (exact) mass is 391 g/mol. The standard InChI is InChI=1S/C23H21NO3S/c1-4-17-10-18-21(11-20(17)26-12-16-8-6-5-7-9-16)27-14(2)22(23(18)25)19-13-28-15(3)24-19/h5-11,13H,4,12H2,1-3H3. The average Bonchev–Trinajstić information content (AvgIpc) is 3.12. The zero-order chi connectivity index (χ0) is 19.7.